The first-order chi connectivity index (χ1) is 16.8. The van der Waals surface area contributed by atoms with E-state index in [1.165, 1.54) is 16.4 Å². The van der Waals surface area contributed by atoms with Crippen LogP contribution >= 0.6 is 0 Å². The van der Waals surface area contributed by atoms with Crippen molar-refractivity contribution in [1.29, 1.82) is 0 Å². The molecule has 0 aliphatic carbocycles. The minimum absolute atomic E-state index is 0.0402. The van der Waals surface area contributed by atoms with Crippen molar-refractivity contribution < 1.29 is 27.5 Å². The summed E-state index contributed by atoms with van der Waals surface area (Å²) >= 11 is 0. The van der Waals surface area contributed by atoms with E-state index in [2.05, 4.69) is 24.1 Å². The zero-order chi connectivity index (χ0) is 25.4. The van der Waals surface area contributed by atoms with E-state index in [4.69, 9.17) is 9.47 Å². The largest absolute Gasteiger partial charge is 0.460 e. The number of esters is 1. The summed E-state index contributed by atoms with van der Waals surface area (Å²) in [5, 5.41) is 2.73. The van der Waals surface area contributed by atoms with Crippen molar-refractivity contribution in [1.82, 2.24) is 9.62 Å². The van der Waals surface area contributed by atoms with Crippen LogP contribution in [0.5, 0.6) is 0 Å². The summed E-state index contributed by atoms with van der Waals surface area (Å²) in [4.78, 5) is 27.2. The second-order valence-corrected chi connectivity index (χ2v) is 10.0. The number of rotatable bonds is 10. The molecule has 1 aliphatic rings. The van der Waals surface area contributed by atoms with Gasteiger partial charge in [0.05, 0.1) is 30.2 Å². The lowest BCUT2D eigenvalue weighted by molar-refractivity contribution is 0.0503. The molecule has 9 nitrogen and oxygen atoms in total. The number of amides is 1. The van der Waals surface area contributed by atoms with Crippen LogP contribution in [-0.2, 0) is 19.5 Å². The third kappa shape index (κ3) is 6.59. The van der Waals surface area contributed by atoms with E-state index < -0.39 is 16.0 Å². The summed E-state index contributed by atoms with van der Waals surface area (Å²) in [5.74, 6) is -0.914. The maximum absolute atomic E-state index is 13.0. The minimum atomic E-state index is -3.74. The molecule has 2 aromatic carbocycles. The summed E-state index contributed by atoms with van der Waals surface area (Å²) < 4.78 is 37.9. The van der Waals surface area contributed by atoms with Gasteiger partial charge in [-0.3, -0.25) is 4.79 Å². The Labute approximate surface area is 207 Å². The Kier molecular flexibility index (Phi) is 9.25. The smallest absolute Gasteiger partial charge is 0.338 e. The first-order valence-electron chi connectivity index (χ1n) is 11.8. The van der Waals surface area contributed by atoms with Crippen molar-refractivity contribution in [2.75, 3.05) is 57.4 Å². The lowest BCUT2D eigenvalue weighted by Crippen LogP contribution is -2.40. The van der Waals surface area contributed by atoms with E-state index in [9.17, 15) is 18.0 Å². The summed E-state index contributed by atoms with van der Waals surface area (Å²) in [6, 6.07) is 11.8. The molecule has 2 aromatic rings. The molecule has 10 heteroatoms. The molecule has 1 aliphatic heterocycles. The highest BCUT2D eigenvalue weighted by atomic mass is 32.2. The average molecular weight is 504 g/mol. The van der Waals surface area contributed by atoms with E-state index in [0.717, 1.165) is 18.8 Å². The Hall–Kier alpha value is -2.95. The van der Waals surface area contributed by atoms with Gasteiger partial charge in [0, 0.05) is 37.4 Å². The molecule has 190 valence electrons. The highest BCUT2D eigenvalue weighted by molar-refractivity contribution is 7.89. The van der Waals surface area contributed by atoms with Gasteiger partial charge < -0.3 is 19.7 Å². The monoisotopic (exact) mass is 503 g/mol. The van der Waals surface area contributed by atoms with Gasteiger partial charge in [-0.15, -0.1) is 0 Å². The standard InChI is InChI=1S/C25H33N3O6S/c1-4-27(5-2)22-10-8-20(9-11-22)24(29)26-12-15-34-25(30)21-7-6-19(3)23(18-21)35(31,32)28-13-16-33-17-14-28/h6-11,18H,4-5,12-17H2,1-3H3,(H,26,29). The number of hydrogen-bond acceptors (Lipinski definition) is 7. The number of aryl methyl sites for hydroxylation is 1. The molecule has 0 atom stereocenters. The van der Waals surface area contributed by atoms with Crippen LogP contribution in [0.4, 0.5) is 5.69 Å². The number of benzene rings is 2. The second kappa shape index (κ2) is 12.1. The van der Waals surface area contributed by atoms with Gasteiger partial charge in [-0.1, -0.05) is 6.07 Å². The Morgan fingerprint density at radius 1 is 1.03 bits per heavy atom. The van der Waals surface area contributed by atoms with Crippen LogP contribution in [0.2, 0.25) is 0 Å². The molecule has 1 fully saturated rings. The highest BCUT2D eigenvalue weighted by Gasteiger charge is 2.28. The average Bonchev–Trinajstić information content (AvgIpc) is 2.88. The summed E-state index contributed by atoms with van der Waals surface area (Å²) in [5.41, 5.74) is 2.25. The molecule has 1 amide bonds. The molecule has 0 unspecified atom stereocenters. The molecule has 35 heavy (non-hydrogen) atoms. The van der Waals surface area contributed by atoms with Crippen LogP contribution in [-0.4, -0.2) is 77.1 Å². The van der Waals surface area contributed by atoms with Gasteiger partial charge in [-0.25, -0.2) is 13.2 Å². The number of nitrogens with zero attached hydrogens (tertiary/aromatic N) is 2. The molecular weight excluding hydrogens is 470 g/mol. The van der Waals surface area contributed by atoms with Crippen LogP contribution < -0.4 is 10.2 Å². The summed E-state index contributed by atoms with van der Waals surface area (Å²) in [7, 11) is -3.74. The SMILES string of the molecule is CCN(CC)c1ccc(C(=O)NCCOC(=O)c2ccc(C)c(S(=O)(=O)N3CCOCC3)c2)cc1. The van der Waals surface area contributed by atoms with Crippen LogP contribution in [0.1, 0.15) is 40.1 Å². The Morgan fingerprint density at radius 3 is 2.29 bits per heavy atom. The van der Waals surface area contributed by atoms with Gasteiger partial charge in [-0.05, 0) is 62.7 Å². The van der Waals surface area contributed by atoms with Crippen molar-refractivity contribution in [2.45, 2.75) is 25.7 Å². The topological polar surface area (TPSA) is 105 Å². The number of hydrogen-bond donors (Lipinski definition) is 1. The number of carbonyl (C=O) groups is 2. The van der Waals surface area contributed by atoms with Crippen molar-refractivity contribution in [3.05, 3.63) is 59.2 Å². The van der Waals surface area contributed by atoms with Gasteiger partial charge in [0.15, 0.2) is 0 Å². The molecule has 1 N–H and O–H groups in total. The number of anilines is 1. The minimum Gasteiger partial charge on any atom is -0.460 e. The number of sulfonamides is 1. The normalized spacial score (nSPS) is 14.4. The molecular formula is C25H33N3O6S. The first kappa shape index (κ1) is 26.7. The van der Waals surface area contributed by atoms with Gasteiger partial charge in [0.25, 0.3) is 5.91 Å². The number of nitrogens with one attached hydrogen (secondary N) is 1. The van der Waals surface area contributed by atoms with Crippen LogP contribution in [0.25, 0.3) is 0 Å². The third-order valence-electron chi connectivity index (χ3n) is 5.89. The quantitative estimate of drug-likeness (QED) is 0.392. The molecule has 0 saturated carbocycles. The second-order valence-electron chi connectivity index (χ2n) is 8.11. The zero-order valence-electron chi connectivity index (χ0n) is 20.5. The fraction of sp³-hybridized carbons (Fsp3) is 0.440. The van der Waals surface area contributed by atoms with Crippen molar-refractivity contribution >= 4 is 27.6 Å². The molecule has 0 bridgehead atoms. The molecule has 1 saturated heterocycles. The Balaban J connectivity index is 1.54. The number of carbonyl (C=O) groups excluding carboxylic acids is 2. The predicted octanol–water partition coefficient (Wildman–Crippen LogP) is 2.45. The fourth-order valence-electron chi connectivity index (χ4n) is 3.84. The van der Waals surface area contributed by atoms with Crippen molar-refractivity contribution in [3.63, 3.8) is 0 Å². The van der Waals surface area contributed by atoms with Gasteiger partial charge in [0.1, 0.15) is 6.61 Å². The van der Waals surface area contributed by atoms with Gasteiger partial charge >= 0.3 is 5.97 Å². The van der Waals surface area contributed by atoms with Gasteiger partial charge in [-0.2, -0.15) is 4.31 Å². The van der Waals surface area contributed by atoms with E-state index >= 15 is 0 Å². The van der Waals surface area contributed by atoms with Crippen molar-refractivity contribution in [2.24, 2.45) is 0 Å². The molecule has 0 spiro atoms. The van der Waals surface area contributed by atoms with E-state index in [0.29, 0.717) is 24.3 Å². The molecule has 0 radical (unpaired) electrons. The van der Waals surface area contributed by atoms with E-state index in [-0.39, 0.29) is 42.6 Å². The zero-order valence-corrected chi connectivity index (χ0v) is 21.3. The Morgan fingerprint density at radius 2 is 1.66 bits per heavy atom. The third-order valence-corrected chi connectivity index (χ3v) is 7.93. The molecule has 0 aromatic heterocycles. The lowest BCUT2D eigenvalue weighted by atomic mass is 10.1. The molecule has 3 rings (SSSR count). The highest BCUT2D eigenvalue weighted by Crippen LogP contribution is 2.23. The predicted molar refractivity (Wildman–Crippen MR) is 133 cm³/mol. The van der Waals surface area contributed by atoms with E-state index in [1.807, 2.05) is 12.1 Å². The summed E-state index contributed by atoms with van der Waals surface area (Å²) in [6.45, 7) is 8.92. The van der Waals surface area contributed by atoms with Crippen LogP contribution in [0, 0.1) is 6.92 Å². The number of ether oxygens (including phenoxy) is 2. The van der Waals surface area contributed by atoms with Gasteiger partial charge in [0.2, 0.25) is 10.0 Å². The molecule has 1 heterocycles. The maximum Gasteiger partial charge on any atom is 0.338 e. The summed E-state index contributed by atoms with van der Waals surface area (Å²) in [6.07, 6.45) is 0. The number of morpholine rings is 1. The maximum atomic E-state index is 13.0. The lowest BCUT2D eigenvalue weighted by Gasteiger charge is -2.26. The van der Waals surface area contributed by atoms with Crippen LogP contribution in [0.15, 0.2) is 47.4 Å². The van der Waals surface area contributed by atoms with Crippen molar-refractivity contribution in [3.8, 4) is 0 Å². The first-order valence-corrected chi connectivity index (χ1v) is 13.2. The van der Waals surface area contributed by atoms with E-state index in [1.54, 1.807) is 25.1 Å². The fourth-order valence-corrected chi connectivity index (χ4v) is 5.50. The Bertz CT molecular complexity index is 1120. The van der Waals surface area contributed by atoms with Crippen LogP contribution in [0.3, 0.4) is 0 Å².